The molecule has 0 unspecified atom stereocenters. The van der Waals surface area contributed by atoms with Gasteiger partial charge < -0.3 is 16.2 Å². The van der Waals surface area contributed by atoms with E-state index in [2.05, 4.69) is 5.32 Å². The first-order chi connectivity index (χ1) is 8.50. The fraction of sp³-hybridized carbons (Fsp3) is 0.364. The Kier molecular flexibility index (Phi) is 2.92. The van der Waals surface area contributed by atoms with Gasteiger partial charge in [-0.1, -0.05) is 6.07 Å². The van der Waals surface area contributed by atoms with Crippen molar-refractivity contribution in [2.45, 2.75) is 12.8 Å². The van der Waals surface area contributed by atoms with Crippen LogP contribution in [0.5, 0.6) is 5.75 Å². The van der Waals surface area contributed by atoms with Crippen LogP contribution in [0.2, 0.25) is 0 Å². The molecule has 1 aromatic rings. The molecule has 2 rings (SSSR count). The maximum Gasteiger partial charge on any atom is 0.296 e. The van der Waals surface area contributed by atoms with Crippen LogP contribution in [0.4, 0.5) is 11.4 Å². The number of amides is 1. The molecule has 0 heterocycles. The normalized spacial score (nSPS) is 16.1. The molecule has 96 valence electrons. The number of nitrogens with two attached hydrogens (primary N) is 1. The van der Waals surface area contributed by atoms with Crippen molar-refractivity contribution in [2.75, 3.05) is 11.9 Å². The Morgan fingerprint density at radius 3 is 2.72 bits per heavy atom. The Hall–Kier alpha value is -2.15. The molecule has 0 saturated heterocycles. The molecule has 7 heteroatoms. The second-order valence-corrected chi connectivity index (χ2v) is 4.37. The number of carbonyl (C=O) groups is 1. The van der Waals surface area contributed by atoms with E-state index in [1.54, 1.807) is 0 Å². The van der Waals surface area contributed by atoms with E-state index in [4.69, 9.17) is 5.73 Å². The highest BCUT2D eigenvalue weighted by molar-refractivity contribution is 6.00. The molecule has 0 bridgehead atoms. The van der Waals surface area contributed by atoms with Crippen molar-refractivity contribution in [3.8, 4) is 5.75 Å². The minimum absolute atomic E-state index is 0.174. The van der Waals surface area contributed by atoms with Gasteiger partial charge in [0.1, 0.15) is 5.75 Å². The quantitative estimate of drug-likeness (QED) is 0.418. The third-order valence-corrected chi connectivity index (χ3v) is 3.18. The topological polar surface area (TPSA) is 118 Å². The maximum absolute atomic E-state index is 11.9. The van der Waals surface area contributed by atoms with Gasteiger partial charge >= 0.3 is 0 Å². The first-order valence-electron chi connectivity index (χ1n) is 5.48. The van der Waals surface area contributed by atoms with Crippen LogP contribution < -0.4 is 11.1 Å². The lowest BCUT2D eigenvalue weighted by molar-refractivity contribution is -0.384. The van der Waals surface area contributed by atoms with Crippen LogP contribution in [0.3, 0.4) is 0 Å². The first kappa shape index (κ1) is 12.3. The van der Waals surface area contributed by atoms with Gasteiger partial charge in [0.05, 0.1) is 10.3 Å². The van der Waals surface area contributed by atoms with Gasteiger partial charge in [-0.3, -0.25) is 14.9 Å². The molecule has 1 fully saturated rings. The van der Waals surface area contributed by atoms with Gasteiger partial charge in [-0.15, -0.1) is 0 Å². The number of nitrogens with one attached hydrogen (secondary N) is 1. The Bertz CT molecular complexity index is 511. The van der Waals surface area contributed by atoms with Crippen molar-refractivity contribution >= 4 is 17.3 Å². The number of phenols is 1. The zero-order valence-electron chi connectivity index (χ0n) is 9.55. The average Bonchev–Trinajstić information content (AvgIpc) is 3.12. The van der Waals surface area contributed by atoms with Crippen molar-refractivity contribution in [2.24, 2.45) is 11.1 Å². The second-order valence-electron chi connectivity index (χ2n) is 4.37. The highest BCUT2D eigenvalue weighted by atomic mass is 16.6. The summed E-state index contributed by atoms with van der Waals surface area (Å²) < 4.78 is 0. The van der Waals surface area contributed by atoms with E-state index in [1.807, 2.05) is 0 Å². The van der Waals surface area contributed by atoms with Gasteiger partial charge in [0.25, 0.3) is 5.69 Å². The number of anilines is 1. The lowest BCUT2D eigenvalue weighted by Crippen LogP contribution is -2.31. The Labute approximate surface area is 103 Å². The van der Waals surface area contributed by atoms with Crippen LogP contribution in [0.25, 0.3) is 0 Å². The molecule has 1 saturated carbocycles. The summed E-state index contributed by atoms with van der Waals surface area (Å²) in [5.74, 6) is -0.708. The van der Waals surface area contributed by atoms with E-state index in [0.717, 1.165) is 0 Å². The minimum atomic E-state index is -0.655. The number of rotatable bonds is 4. The summed E-state index contributed by atoms with van der Waals surface area (Å²) in [6.07, 6.45) is 1.33. The van der Waals surface area contributed by atoms with Crippen molar-refractivity contribution in [3.63, 3.8) is 0 Å². The third kappa shape index (κ3) is 2.00. The molecule has 1 aromatic carbocycles. The molecule has 0 radical (unpaired) electrons. The van der Waals surface area contributed by atoms with Gasteiger partial charge in [-0.2, -0.15) is 0 Å². The van der Waals surface area contributed by atoms with E-state index in [9.17, 15) is 20.0 Å². The predicted molar refractivity (Wildman–Crippen MR) is 64.1 cm³/mol. The average molecular weight is 251 g/mol. The van der Waals surface area contributed by atoms with Gasteiger partial charge in [-0.05, 0) is 18.9 Å². The number of hydrogen-bond donors (Lipinski definition) is 3. The second kappa shape index (κ2) is 4.26. The number of phenolic OH excluding ortho intramolecular Hbond substituents is 1. The van der Waals surface area contributed by atoms with Crippen LogP contribution in [0, 0.1) is 15.5 Å². The summed E-state index contributed by atoms with van der Waals surface area (Å²) in [6.45, 7) is 0.195. The summed E-state index contributed by atoms with van der Waals surface area (Å²) in [5, 5.41) is 22.8. The van der Waals surface area contributed by atoms with Gasteiger partial charge in [-0.25, -0.2) is 0 Å². The summed E-state index contributed by atoms with van der Waals surface area (Å²) >= 11 is 0. The van der Waals surface area contributed by atoms with Crippen LogP contribution in [-0.4, -0.2) is 22.5 Å². The van der Waals surface area contributed by atoms with Crippen LogP contribution >= 0.6 is 0 Å². The SMILES string of the molecule is NCC1(C(=O)Nc2c(O)cccc2[N+](=O)[O-])CC1. The first-order valence-corrected chi connectivity index (χ1v) is 5.48. The fourth-order valence-corrected chi connectivity index (χ4v) is 1.73. The molecule has 0 spiro atoms. The largest absolute Gasteiger partial charge is 0.505 e. The third-order valence-electron chi connectivity index (χ3n) is 3.18. The molecule has 1 amide bonds. The lowest BCUT2D eigenvalue weighted by atomic mass is 10.1. The number of carbonyl (C=O) groups excluding carboxylic acids is 1. The molecule has 18 heavy (non-hydrogen) atoms. The van der Waals surface area contributed by atoms with E-state index >= 15 is 0 Å². The summed E-state index contributed by atoms with van der Waals surface area (Å²) in [6, 6.07) is 3.85. The molecule has 1 aliphatic rings. The number of nitrogens with zero attached hydrogens (tertiary/aromatic N) is 1. The molecular weight excluding hydrogens is 238 g/mol. The molecule has 4 N–H and O–H groups in total. The van der Waals surface area contributed by atoms with Crippen molar-refractivity contribution < 1.29 is 14.8 Å². The highest BCUT2D eigenvalue weighted by Crippen LogP contribution is 2.46. The van der Waals surface area contributed by atoms with Crippen LogP contribution in [0.15, 0.2) is 18.2 Å². The Balaban J connectivity index is 2.29. The zero-order valence-corrected chi connectivity index (χ0v) is 9.55. The number of nitro benzene ring substituents is 1. The van der Waals surface area contributed by atoms with E-state index in [1.165, 1.54) is 18.2 Å². The smallest absolute Gasteiger partial charge is 0.296 e. The van der Waals surface area contributed by atoms with Crippen LogP contribution in [-0.2, 0) is 4.79 Å². The van der Waals surface area contributed by atoms with Crippen molar-refractivity contribution in [1.29, 1.82) is 0 Å². The standard InChI is InChI=1S/C11H13N3O4/c12-6-11(4-5-11)10(16)13-9-7(14(17)18)2-1-3-8(9)15/h1-3,15H,4-6,12H2,(H,13,16). The zero-order chi connectivity index (χ0) is 13.3. The number of hydrogen-bond acceptors (Lipinski definition) is 5. The molecule has 1 aliphatic carbocycles. The van der Waals surface area contributed by atoms with E-state index in [-0.39, 0.29) is 29.6 Å². The van der Waals surface area contributed by atoms with E-state index in [0.29, 0.717) is 12.8 Å². The number of nitro groups is 1. The van der Waals surface area contributed by atoms with E-state index < -0.39 is 10.3 Å². The number of para-hydroxylation sites is 1. The maximum atomic E-state index is 11.9. The summed E-state index contributed by atoms with van der Waals surface area (Å²) in [5.41, 5.74) is 4.36. The molecule has 0 atom stereocenters. The summed E-state index contributed by atoms with van der Waals surface area (Å²) in [7, 11) is 0. The molecular formula is C11H13N3O4. The predicted octanol–water partition coefficient (Wildman–Crippen LogP) is 0.978. The molecule has 0 aromatic heterocycles. The monoisotopic (exact) mass is 251 g/mol. The van der Waals surface area contributed by atoms with Gasteiger partial charge in [0.2, 0.25) is 5.91 Å². The molecule has 7 nitrogen and oxygen atoms in total. The number of benzene rings is 1. The van der Waals surface area contributed by atoms with Gasteiger partial charge in [0, 0.05) is 12.6 Å². The number of aromatic hydroxyl groups is 1. The van der Waals surface area contributed by atoms with Gasteiger partial charge in [0.15, 0.2) is 5.69 Å². The fourth-order valence-electron chi connectivity index (χ4n) is 1.73. The Morgan fingerprint density at radius 1 is 1.56 bits per heavy atom. The van der Waals surface area contributed by atoms with Crippen molar-refractivity contribution in [1.82, 2.24) is 0 Å². The lowest BCUT2D eigenvalue weighted by Gasteiger charge is -2.13. The Morgan fingerprint density at radius 2 is 2.22 bits per heavy atom. The molecule has 0 aliphatic heterocycles. The van der Waals surface area contributed by atoms with Crippen molar-refractivity contribution in [3.05, 3.63) is 28.3 Å². The highest BCUT2D eigenvalue weighted by Gasteiger charge is 2.49. The minimum Gasteiger partial charge on any atom is -0.505 e. The van der Waals surface area contributed by atoms with Crippen LogP contribution in [0.1, 0.15) is 12.8 Å². The summed E-state index contributed by atoms with van der Waals surface area (Å²) in [4.78, 5) is 22.1.